The van der Waals surface area contributed by atoms with Crippen LogP contribution in [-0.4, -0.2) is 30.8 Å². The summed E-state index contributed by atoms with van der Waals surface area (Å²) in [5.74, 6) is 0. The summed E-state index contributed by atoms with van der Waals surface area (Å²) in [5, 5.41) is 3.50. The zero-order valence-electron chi connectivity index (χ0n) is 10.2. The molecule has 0 spiro atoms. The molecular formula is C12H22N2OS. The first kappa shape index (κ1) is 13.6. The van der Waals surface area contributed by atoms with Crippen molar-refractivity contribution in [3.8, 4) is 0 Å². The van der Waals surface area contributed by atoms with Crippen LogP contribution >= 0.6 is 11.3 Å². The molecule has 0 aromatic carbocycles. The number of likely N-dealkylation sites (N-methyl/N-ethyl adjacent to an activating group) is 1. The van der Waals surface area contributed by atoms with Gasteiger partial charge in [0, 0.05) is 30.3 Å². The molecule has 1 aromatic heterocycles. The summed E-state index contributed by atoms with van der Waals surface area (Å²) in [7, 11) is 0. The van der Waals surface area contributed by atoms with Gasteiger partial charge in [-0.1, -0.05) is 13.8 Å². The molecule has 1 aromatic rings. The molecule has 1 rings (SSSR count). The molecule has 0 bridgehead atoms. The summed E-state index contributed by atoms with van der Waals surface area (Å²) in [5.41, 5.74) is 1.89. The number of ether oxygens (including phenoxy) is 1. The highest BCUT2D eigenvalue weighted by Crippen LogP contribution is 2.10. The molecule has 1 unspecified atom stereocenters. The normalized spacial score (nSPS) is 12.9. The summed E-state index contributed by atoms with van der Waals surface area (Å²) in [4.78, 5) is 5.45. The van der Waals surface area contributed by atoms with Gasteiger partial charge in [-0.25, -0.2) is 0 Å². The monoisotopic (exact) mass is 242 g/mol. The van der Waals surface area contributed by atoms with Crippen LogP contribution in [0.1, 0.15) is 31.6 Å². The van der Waals surface area contributed by atoms with Crippen molar-refractivity contribution in [2.24, 2.45) is 0 Å². The van der Waals surface area contributed by atoms with E-state index in [2.05, 4.69) is 24.1 Å². The van der Waals surface area contributed by atoms with Gasteiger partial charge in [0.05, 0.1) is 5.51 Å². The van der Waals surface area contributed by atoms with Gasteiger partial charge in [0.2, 0.25) is 0 Å². The Hall–Kier alpha value is -0.450. The minimum Gasteiger partial charge on any atom is -0.381 e. The standard InChI is InChI=1S/C12H22N2OS/c1-3-6-15-7-5-11(14-4-2)8-12-9-13-10-16-12/h9-11,14H,3-8H2,1-2H3. The minimum atomic E-state index is 0.516. The van der Waals surface area contributed by atoms with E-state index in [0.717, 1.165) is 39.0 Å². The SMILES string of the molecule is CCCOCCC(Cc1cncs1)NCC. The fourth-order valence-corrected chi connectivity index (χ4v) is 2.30. The van der Waals surface area contributed by atoms with Gasteiger partial charge >= 0.3 is 0 Å². The van der Waals surface area contributed by atoms with Crippen LogP contribution < -0.4 is 5.32 Å². The Bertz CT molecular complexity index is 252. The maximum atomic E-state index is 5.53. The maximum Gasteiger partial charge on any atom is 0.0794 e. The average Bonchev–Trinajstić information content (AvgIpc) is 2.77. The molecule has 1 atom stereocenters. The summed E-state index contributed by atoms with van der Waals surface area (Å²) < 4.78 is 5.53. The van der Waals surface area contributed by atoms with Gasteiger partial charge in [-0.2, -0.15) is 0 Å². The smallest absolute Gasteiger partial charge is 0.0794 e. The highest BCUT2D eigenvalue weighted by Gasteiger charge is 2.09. The Morgan fingerprint density at radius 1 is 1.44 bits per heavy atom. The third-order valence-corrected chi connectivity index (χ3v) is 3.18. The van der Waals surface area contributed by atoms with Crippen LogP contribution in [0.2, 0.25) is 0 Å². The Labute approximate surface area is 102 Å². The Kier molecular flexibility index (Phi) is 7.38. The van der Waals surface area contributed by atoms with E-state index in [0.29, 0.717) is 6.04 Å². The van der Waals surface area contributed by atoms with Crippen molar-refractivity contribution >= 4 is 11.3 Å². The zero-order valence-corrected chi connectivity index (χ0v) is 11.1. The number of aromatic nitrogens is 1. The Morgan fingerprint density at radius 2 is 2.31 bits per heavy atom. The van der Waals surface area contributed by atoms with Crippen molar-refractivity contribution in [1.29, 1.82) is 0 Å². The Balaban J connectivity index is 2.24. The summed E-state index contributed by atoms with van der Waals surface area (Å²) in [6, 6.07) is 0.516. The fraction of sp³-hybridized carbons (Fsp3) is 0.750. The highest BCUT2D eigenvalue weighted by atomic mass is 32.1. The second-order valence-corrected chi connectivity index (χ2v) is 4.80. The van der Waals surface area contributed by atoms with Gasteiger partial charge in [0.15, 0.2) is 0 Å². The predicted octanol–water partition coefficient (Wildman–Crippen LogP) is 2.48. The number of hydrogen-bond acceptors (Lipinski definition) is 4. The number of nitrogens with one attached hydrogen (secondary N) is 1. The molecule has 0 aliphatic carbocycles. The van der Waals surface area contributed by atoms with E-state index in [1.807, 2.05) is 11.7 Å². The van der Waals surface area contributed by atoms with E-state index in [-0.39, 0.29) is 0 Å². The van der Waals surface area contributed by atoms with Gasteiger partial charge in [0.25, 0.3) is 0 Å². The van der Waals surface area contributed by atoms with Crippen molar-refractivity contribution in [2.45, 2.75) is 39.2 Å². The first-order valence-corrected chi connectivity index (χ1v) is 6.93. The minimum absolute atomic E-state index is 0.516. The topological polar surface area (TPSA) is 34.1 Å². The van der Waals surface area contributed by atoms with Gasteiger partial charge in [-0.15, -0.1) is 11.3 Å². The van der Waals surface area contributed by atoms with Gasteiger partial charge < -0.3 is 10.1 Å². The quantitative estimate of drug-likeness (QED) is 0.676. The number of thiazole rings is 1. The second kappa shape index (κ2) is 8.67. The van der Waals surface area contributed by atoms with E-state index >= 15 is 0 Å². The maximum absolute atomic E-state index is 5.53. The lowest BCUT2D eigenvalue weighted by Gasteiger charge is -2.16. The van der Waals surface area contributed by atoms with Crippen molar-refractivity contribution < 1.29 is 4.74 Å². The van der Waals surface area contributed by atoms with Gasteiger partial charge in [-0.3, -0.25) is 4.98 Å². The summed E-state index contributed by atoms with van der Waals surface area (Å²) in [6.45, 7) is 7.02. The molecular weight excluding hydrogens is 220 g/mol. The van der Waals surface area contributed by atoms with Gasteiger partial charge in [-0.05, 0) is 25.8 Å². The average molecular weight is 242 g/mol. The van der Waals surface area contributed by atoms with Crippen molar-refractivity contribution in [2.75, 3.05) is 19.8 Å². The molecule has 0 aliphatic rings. The largest absolute Gasteiger partial charge is 0.381 e. The van der Waals surface area contributed by atoms with Crippen LogP contribution in [0.15, 0.2) is 11.7 Å². The van der Waals surface area contributed by atoms with Crippen LogP contribution in [0.5, 0.6) is 0 Å². The molecule has 0 fully saturated rings. The second-order valence-electron chi connectivity index (χ2n) is 3.83. The van der Waals surface area contributed by atoms with E-state index in [9.17, 15) is 0 Å². The molecule has 0 saturated heterocycles. The molecule has 0 saturated carbocycles. The number of rotatable bonds is 9. The number of hydrogen-bond donors (Lipinski definition) is 1. The molecule has 92 valence electrons. The molecule has 1 heterocycles. The first-order chi connectivity index (χ1) is 7.86. The predicted molar refractivity (Wildman–Crippen MR) is 69.0 cm³/mol. The van der Waals surface area contributed by atoms with E-state index in [4.69, 9.17) is 4.74 Å². The van der Waals surface area contributed by atoms with Crippen LogP contribution in [0.4, 0.5) is 0 Å². The molecule has 3 nitrogen and oxygen atoms in total. The molecule has 1 N–H and O–H groups in total. The van der Waals surface area contributed by atoms with Crippen LogP contribution in [0, 0.1) is 0 Å². The van der Waals surface area contributed by atoms with Crippen LogP contribution in [-0.2, 0) is 11.2 Å². The van der Waals surface area contributed by atoms with Crippen molar-refractivity contribution in [3.05, 3.63) is 16.6 Å². The van der Waals surface area contributed by atoms with Gasteiger partial charge in [0.1, 0.15) is 0 Å². The summed E-state index contributed by atoms with van der Waals surface area (Å²) >= 11 is 1.73. The molecule has 16 heavy (non-hydrogen) atoms. The van der Waals surface area contributed by atoms with Crippen molar-refractivity contribution in [3.63, 3.8) is 0 Å². The fourth-order valence-electron chi connectivity index (χ4n) is 1.62. The third kappa shape index (κ3) is 5.58. The molecule has 0 aliphatic heterocycles. The van der Waals surface area contributed by atoms with E-state index in [1.54, 1.807) is 11.3 Å². The van der Waals surface area contributed by atoms with Crippen molar-refractivity contribution in [1.82, 2.24) is 10.3 Å². The van der Waals surface area contributed by atoms with E-state index < -0.39 is 0 Å². The summed E-state index contributed by atoms with van der Waals surface area (Å²) in [6.07, 6.45) is 5.20. The first-order valence-electron chi connectivity index (χ1n) is 6.05. The van der Waals surface area contributed by atoms with E-state index in [1.165, 1.54) is 4.88 Å². The lowest BCUT2D eigenvalue weighted by molar-refractivity contribution is 0.124. The molecule has 4 heteroatoms. The van der Waals surface area contributed by atoms with Crippen LogP contribution in [0.3, 0.4) is 0 Å². The molecule has 0 amide bonds. The Morgan fingerprint density at radius 3 is 2.94 bits per heavy atom. The number of nitrogens with zero attached hydrogens (tertiary/aromatic N) is 1. The zero-order chi connectivity index (χ0) is 11.6. The molecule has 0 radical (unpaired) electrons. The highest BCUT2D eigenvalue weighted by molar-refractivity contribution is 7.09. The lowest BCUT2D eigenvalue weighted by Crippen LogP contribution is -2.32. The van der Waals surface area contributed by atoms with Crippen LogP contribution in [0.25, 0.3) is 0 Å². The lowest BCUT2D eigenvalue weighted by atomic mass is 10.1. The third-order valence-electron chi connectivity index (χ3n) is 2.38.